The minimum atomic E-state index is -0.715. The predicted octanol–water partition coefficient (Wildman–Crippen LogP) is 5.12. The van der Waals surface area contributed by atoms with Gasteiger partial charge in [-0.2, -0.15) is 0 Å². The standard InChI is InChI=1S/C32H48N4O6/c1-9-32(10-2)19-26(37)36(28(35-32)34-29(39)42-30(3,4)5)24(15-16-40-8)21-17-22(21)27(38)33-23-18-31(6,7)41-25-14-12-11-13-20(23)25/h11-14,21-24H,9-10,15-19H2,1-8H3,(H,33,38)(H,34,35,39)/t21-,22?,23-,24+/m0/s1. The second kappa shape index (κ2) is 12.2. The maximum atomic E-state index is 13.8. The Morgan fingerprint density at radius 2 is 1.88 bits per heavy atom. The van der Waals surface area contributed by atoms with Crippen molar-refractivity contribution in [1.82, 2.24) is 15.5 Å². The van der Waals surface area contributed by atoms with E-state index in [1.54, 1.807) is 32.8 Å². The Bertz CT molecular complexity index is 1200. The number of alkyl carbamates (subject to hydrolysis) is 1. The molecule has 1 fully saturated rings. The Hall–Kier alpha value is -3.14. The summed E-state index contributed by atoms with van der Waals surface area (Å²) in [6.07, 6.45) is 2.66. The van der Waals surface area contributed by atoms with Crippen molar-refractivity contribution in [1.29, 1.82) is 0 Å². The first-order valence-corrected chi connectivity index (χ1v) is 15.2. The summed E-state index contributed by atoms with van der Waals surface area (Å²) in [7, 11) is 1.61. The van der Waals surface area contributed by atoms with Crippen molar-refractivity contribution in [3.05, 3.63) is 29.8 Å². The van der Waals surface area contributed by atoms with Gasteiger partial charge >= 0.3 is 6.09 Å². The number of nitrogens with one attached hydrogen (secondary N) is 2. The molecule has 1 unspecified atom stereocenters. The van der Waals surface area contributed by atoms with Crippen LogP contribution in [0.25, 0.3) is 0 Å². The van der Waals surface area contributed by atoms with Gasteiger partial charge in [-0.05, 0) is 72.3 Å². The summed E-state index contributed by atoms with van der Waals surface area (Å²) in [5.74, 6) is 0.439. The van der Waals surface area contributed by atoms with Crippen LogP contribution in [0.2, 0.25) is 0 Å². The van der Waals surface area contributed by atoms with Crippen LogP contribution in [0.3, 0.4) is 0 Å². The molecule has 10 nitrogen and oxygen atoms in total. The molecule has 0 bridgehead atoms. The lowest BCUT2D eigenvalue weighted by Gasteiger charge is -2.41. The molecule has 1 aliphatic carbocycles. The summed E-state index contributed by atoms with van der Waals surface area (Å²) in [6, 6.07) is 7.27. The Morgan fingerprint density at radius 3 is 2.52 bits per heavy atom. The molecule has 2 N–H and O–H groups in total. The number of rotatable bonds is 9. The van der Waals surface area contributed by atoms with E-state index < -0.39 is 22.8 Å². The minimum Gasteiger partial charge on any atom is -0.487 e. The van der Waals surface area contributed by atoms with Crippen LogP contribution in [0, 0.1) is 11.8 Å². The number of hydrogen-bond donors (Lipinski definition) is 2. The van der Waals surface area contributed by atoms with Crippen molar-refractivity contribution in [3.8, 4) is 5.75 Å². The van der Waals surface area contributed by atoms with Crippen molar-refractivity contribution in [3.63, 3.8) is 0 Å². The third-order valence-corrected chi connectivity index (χ3v) is 8.56. The van der Waals surface area contributed by atoms with Crippen LogP contribution in [0.4, 0.5) is 4.79 Å². The van der Waals surface area contributed by atoms with Gasteiger partial charge in [-0.25, -0.2) is 9.79 Å². The van der Waals surface area contributed by atoms with Crippen LogP contribution in [0.5, 0.6) is 5.75 Å². The van der Waals surface area contributed by atoms with Crippen molar-refractivity contribution < 1.29 is 28.6 Å². The summed E-state index contributed by atoms with van der Waals surface area (Å²) in [4.78, 5) is 46.9. The smallest absolute Gasteiger partial charge is 0.414 e. The van der Waals surface area contributed by atoms with Crippen LogP contribution >= 0.6 is 0 Å². The van der Waals surface area contributed by atoms with E-state index in [0.29, 0.717) is 38.7 Å². The van der Waals surface area contributed by atoms with Gasteiger partial charge in [-0.1, -0.05) is 32.0 Å². The maximum Gasteiger partial charge on any atom is 0.414 e. The number of hydrogen-bond acceptors (Lipinski definition) is 7. The monoisotopic (exact) mass is 584 g/mol. The zero-order chi connectivity index (χ0) is 30.9. The van der Waals surface area contributed by atoms with Gasteiger partial charge < -0.3 is 19.5 Å². The summed E-state index contributed by atoms with van der Waals surface area (Å²) in [5, 5.41) is 6.06. The van der Waals surface area contributed by atoms with E-state index in [2.05, 4.69) is 10.6 Å². The molecular weight excluding hydrogens is 536 g/mol. The van der Waals surface area contributed by atoms with Crippen molar-refractivity contribution >= 4 is 23.9 Å². The highest BCUT2D eigenvalue weighted by atomic mass is 16.6. The van der Waals surface area contributed by atoms with Crippen LogP contribution in [-0.2, 0) is 19.1 Å². The minimum absolute atomic E-state index is 0.0422. The molecule has 0 saturated heterocycles. The summed E-state index contributed by atoms with van der Waals surface area (Å²) < 4.78 is 17.1. The number of nitrogens with zero attached hydrogens (tertiary/aromatic N) is 2. The lowest BCUT2D eigenvalue weighted by molar-refractivity contribution is -0.133. The number of carbonyl (C=O) groups is 3. The van der Waals surface area contributed by atoms with E-state index in [1.165, 1.54) is 0 Å². The molecule has 1 aromatic rings. The predicted molar refractivity (Wildman–Crippen MR) is 160 cm³/mol. The van der Waals surface area contributed by atoms with Gasteiger partial charge in [0.05, 0.1) is 18.0 Å². The zero-order valence-electron chi connectivity index (χ0n) is 26.4. The van der Waals surface area contributed by atoms with Crippen molar-refractivity contribution in [2.75, 3.05) is 13.7 Å². The van der Waals surface area contributed by atoms with Crippen molar-refractivity contribution in [2.24, 2.45) is 16.8 Å². The number of para-hydroxylation sites is 1. The Labute approximate surface area is 249 Å². The Balaban J connectivity index is 1.58. The number of methoxy groups -OCH3 is 1. The quantitative estimate of drug-likeness (QED) is 0.416. The fourth-order valence-corrected chi connectivity index (χ4v) is 6.21. The first-order chi connectivity index (χ1) is 19.7. The number of fused-ring (bicyclic) bond motifs is 1. The molecule has 232 valence electrons. The fourth-order valence-electron chi connectivity index (χ4n) is 6.21. The molecule has 4 rings (SSSR count). The third kappa shape index (κ3) is 7.25. The molecule has 0 spiro atoms. The van der Waals surface area contributed by atoms with Gasteiger partial charge in [0.2, 0.25) is 17.8 Å². The first-order valence-electron chi connectivity index (χ1n) is 15.2. The molecular formula is C32H48N4O6. The third-order valence-electron chi connectivity index (χ3n) is 8.56. The lowest BCUT2D eigenvalue weighted by Crippen LogP contribution is -2.59. The SMILES string of the molecule is CCC1(CC)CC(=O)N([C@H](CCOC)[C@H]2CC2C(=O)N[C@H]2CC(C)(C)Oc3ccccc32)C(NC(=O)OC(C)(C)C)=N1. The highest BCUT2D eigenvalue weighted by Gasteiger charge is 2.53. The van der Waals surface area contributed by atoms with Gasteiger partial charge in [-0.3, -0.25) is 19.8 Å². The molecule has 1 aromatic carbocycles. The van der Waals surface area contributed by atoms with E-state index >= 15 is 0 Å². The molecule has 0 aromatic heterocycles. The first kappa shape index (κ1) is 31.8. The summed E-state index contributed by atoms with van der Waals surface area (Å²) in [5.41, 5.74) is -0.767. The molecule has 3 aliphatic rings. The number of ether oxygens (including phenoxy) is 3. The lowest BCUT2D eigenvalue weighted by atomic mass is 9.87. The van der Waals surface area contributed by atoms with E-state index in [1.807, 2.05) is 52.0 Å². The summed E-state index contributed by atoms with van der Waals surface area (Å²) in [6.45, 7) is 13.8. The number of carbonyl (C=O) groups excluding carboxylic acids is 3. The fraction of sp³-hybridized carbons (Fsp3) is 0.688. The average Bonchev–Trinajstić information content (AvgIpc) is 3.69. The molecule has 2 heterocycles. The molecule has 0 radical (unpaired) electrons. The number of benzene rings is 1. The van der Waals surface area contributed by atoms with E-state index in [0.717, 1.165) is 11.3 Å². The second-order valence-corrected chi connectivity index (χ2v) is 13.5. The zero-order valence-corrected chi connectivity index (χ0v) is 26.4. The average molecular weight is 585 g/mol. The van der Waals surface area contributed by atoms with E-state index in [9.17, 15) is 14.4 Å². The molecule has 42 heavy (non-hydrogen) atoms. The Morgan fingerprint density at radius 1 is 1.19 bits per heavy atom. The summed E-state index contributed by atoms with van der Waals surface area (Å²) >= 11 is 0. The van der Waals surface area contributed by atoms with E-state index in [-0.39, 0.29) is 48.1 Å². The van der Waals surface area contributed by atoms with Crippen LogP contribution in [0.15, 0.2) is 29.3 Å². The van der Waals surface area contributed by atoms with Gasteiger partial charge in [0, 0.05) is 37.7 Å². The van der Waals surface area contributed by atoms with Gasteiger partial charge in [-0.15, -0.1) is 0 Å². The topological polar surface area (TPSA) is 119 Å². The van der Waals surface area contributed by atoms with Crippen LogP contribution < -0.4 is 15.4 Å². The molecule has 10 heteroatoms. The van der Waals surface area contributed by atoms with Crippen LogP contribution in [0.1, 0.15) is 98.6 Å². The van der Waals surface area contributed by atoms with Gasteiger partial charge in [0.15, 0.2) is 0 Å². The maximum absolute atomic E-state index is 13.8. The van der Waals surface area contributed by atoms with Crippen molar-refractivity contribution in [2.45, 2.75) is 116 Å². The molecule has 4 atom stereocenters. The second-order valence-electron chi connectivity index (χ2n) is 13.5. The van der Waals surface area contributed by atoms with Gasteiger partial charge in [0.25, 0.3) is 0 Å². The highest BCUT2D eigenvalue weighted by molar-refractivity contribution is 6.05. The molecule has 3 amide bonds. The van der Waals surface area contributed by atoms with E-state index in [4.69, 9.17) is 19.2 Å². The largest absolute Gasteiger partial charge is 0.487 e. The number of guanidine groups is 1. The highest BCUT2D eigenvalue weighted by Crippen LogP contribution is 2.47. The molecule has 2 aliphatic heterocycles. The van der Waals surface area contributed by atoms with Gasteiger partial charge in [0.1, 0.15) is 17.0 Å². The molecule has 1 saturated carbocycles. The number of aliphatic imine (C=N–C) groups is 1. The number of amides is 3. The Kier molecular flexibility index (Phi) is 9.25. The normalized spacial score (nSPS) is 25.0. The van der Waals surface area contributed by atoms with Crippen LogP contribution in [-0.4, -0.2) is 65.3 Å².